The van der Waals surface area contributed by atoms with Crippen LogP contribution in [0.3, 0.4) is 0 Å². The number of carboxylic acid groups (broad SMARTS) is 1. The van der Waals surface area contributed by atoms with Crippen molar-refractivity contribution in [3.8, 4) is 0 Å². The van der Waals surface area contributed by atoms with Gasteiger partial charge in [-0.3, -0.25) is 9.69 Å². The lowest BCUT2D eigenvalue weighted by atomic mass is 10.0. The minimum Gasteiger partial charge on any atom is -0.465 e. The molecule has 4 nitrogen and oxygen atoms in total. The standard InChI is InChI=1S/C13H12BrF2NO3/c14-9-4-7(15)5-10(16)8(9)6-12(18)11-2-1-3-17(11)13(19)20/h4-5,11H,1-3,6H2,(H,19,20)/t11-/m0/s1. The second kappa shape index (κ2) is 5.87. The molecule has 1 aliphatic heterocycles. The van der Waals surface area contributed by atoms with Crippen LogP contribution in [-0.2, 0) is 11.2 Å². The third-order valence-corrected chi connectivity index (χ3v) is 4.03. The minimum atomic E-state index is -1.15. The average molecular weight is 348 g/mol. The van der Waals surface area contributed by atoms with Crippen molar-refractivity contribution in [1.82, 2.24) is 4.90 Å². The second-order valence-corrected chi connectivity index (χ2v) is 5.48. The Labute approximate surface area is 122 Å². The fourth-order valence-electron chi connectivity index (χ4n) is 2.36. The van der Waals surface area contributed by atoms with Crippen LogP contribution in [0.5, 0.6) is 0 Å². The summed E-state index contributed by atoms with van der Waals surface area (Å²) in [7, 11) is 0. The molecule has 0 radical (unpaired) electrons. The lowest BCUT2D eigenvalue weighted by Gasteiger charge is -2.20. The molecule has 0 unspecified atom stereocenters. The molecule has 7 heteroatoms. The lowest BCUT2D eigenvalue weighted by Crippen LogP contribution is -2.40. The summed E-state index contributed by atoms with van der Waals surface area (Å²) in [6, 6.07) is 1.04. The van der Waals surface area contributed by atoms with Gasteiger partial charge >= 0.3 is 6.09 Å². The predicted octanol–water partition coefficient (Wildman–Crippen LogP) is 2.98. The van der Waals surface area contributed by atoms with Gasteiger partial charge in [0.1, 0.15) is 11.6 Å². The quantitative estimate of drug-likeness (QED) is 0.914. The van der Waals surface area contributed by atoms with Crippen LogP contribution in [-0.4, -0.2) is 34.5 Å². The zero-order valence-electron chi connectivity index (χ0n) is 10.4. The number of halogens is 3. The summed E-state index contributed by atoms with van der Waals surface area (Å²) in [4.78, 5) is 24.2. The van der Waals surface area contributed by atoms with Gasteiger partial charge in [-0.1, -0.05) is 15.9 Å². The minimum absolute atomic E-state index is 0.0497. The maximum absolute atomic E-state index is 13.7. The Balaban J connectivity index is 2.18. The molecule has 1 N–H and O–H groups in total. The van der Waals surface area contributed by atoms with Gasteiger partial charge in [0.25, 0.3) is 0 Å². The number of rotatable bonds is 3. The van der Waals surface area contributed by atoms with E-state index < -0.39 is 23.8 Å². The zero-order chi connectivity index (χ0) is 14.9. The summed E-state index contributed by atoms with van der Waals surface area (Å²) >= 11 is 3.02. The molecule has 1 atom stereocenters. The number of nitrogens with zero attached hydrogens (tertiary/aromatic N) is 1. The van der Waals surface area contributed by atoms with Crippen LogP contribution in [0.1, 0.15) is 18.4 Å². The van der Waals surface area contributed by atoms with Gasteiger partial charge in [0, 0.05) is 29.1 Å². The van der Waals surface area contributed by atoms with E-state index in [4.69, 9.17) is 5.11 Å². The smallest absolute Gasteiger partial charge is 0.407 e. The van der Waals surface area contributed by atoms with E-state index in [1.54, 1.807) is 0 Å². The van der Waals surface area contributed by atoms with E-state index in [1.165, 1.54) is 0 Å². The Bertz CT molecular complexity index is 542. The van der Waals surface area contributed by atoms with E-state index in [1.807, 2.05) is 0 Å². The van der Waals surface area contributed by atoms with E-state index in [-0.39, 0.29) is 22.2 Å². The summed E-state index contributed by atoms with van der Waals surface area (Å²) in [5.74, 6) is -1.93. The second-order valence-electron chi connectivity index (χ2n) is 4.63. The van der Waals surface area contributed by atoms with Gasteiger partial charge < -0.3 is 5.11 Å². The van der Waals surface area contributed by atoms with E-state index in [0.29, 0.717) is 25.5 Å². The molecule has 1 aliphatic rings. The maximum Gasteiger partial charge on any atom is 0.407 e. The Morgan fingerprint density at radius 1 is 1.40 bits per heavy atom. The van der Waals surface area contributed by atoms with Crippen molar-refractivity contribution in [2.75, 3.05) is 6.54 Å². The number of hydrogen-bond acceptors (Lipinski definition) is 2. The molecule has 1 amide bonds. The monoisotopic (exact) mass is 347 g/mol. The van der Waals surface area contributed by atoms with Crippen molar-refractivity contribution in [3.63, 3.8) is 0 Å². The van der Waals surface area contributed by atoms with Crippen LogP contribution in [0.25, 0.3) is 0 Å². The molecule has 1 saturated heterocycles. The van der Waals surface area contributed by atoms with E-state index >= 15 is 0 Å². The normalized spacial score (nSPS) is 18.4. The van der Waals surface area contributed by atoms with Gasteiger partial charge in [0.15, 0.2) is 5.78 Å². The number of Topliss-reactive ketones (excluding diaryl/α,β-unsaturated/α-hetero) is 1. The highest BCUT2D eigenvalue weighted by molar-refractivity contribution is 9.10. The number of carbonyl (C=O) groups excluding carboxylic acids is 1. The molecule has 1 aromatic rings. The third kappa shape index (κ3) is 2.98. The molecule has 1 fully saturated rings. The number of carbonyl (C=O) groups is 2. The first-order valence-corrected chi connectivity index (χ1v) is 6.85. The first-order valence-electron chi connectivity index (χ1n) is 6.06. The molecule has 108 valence electrons. The highest BCUT2D eigenvalue weighted by atomic mass is 79.9. The largest absolute Gasteiger partial charge is 0.465 e. The molecule has 1 heterocycles. The van der Waals surface area contributed by atoms with Crippen LogP contribution >= 0.6 is 15.9 Å². The summed E-state index contributed by atoms with van der Waals surface area (Å²) in [6.45, 7) is 0.304. The van der Waals surface area contributed by atoms with Crippen molar-refractivity contribution >= 4 is 27.8 Å². The number of hydrogen-bond donors (Lipinski definition) is 1. The highest BCUT2D eigenvalue weighted by Gasteiger charge is 2.34. The van der Waals surface area contributed by atoms with E-state index in [0.717, 1.165) is 11.0 Å². The van der Waals surface area contributed by atoms with Crippen LogP contribution in [0.4, 0.5) is 13.6 Å². The van der Waals surface area contributed by atoms with Gasteiger partial charge in [-0.2, -0.15) is 0 Å². The van der Waals surface area contributed by atoms with Gasteiger partial charge in [0.2, 0.25) is 0 Å². The van der Waals surface area contributed by atoms with Crippen LogP contribution in [0.15, 0.2) is 16.6 Å². The molecule has 0 saturated carbocycles. The van der Waals surface area contributed by atoms with E-state index in [9.17, 15) is 18.4 Å². The Morgan fingerprint density at radius 2 is 2.10 bits per heavy atom. The van der Waals surface area contributed by atoms with Gasteiger partial charge in [-0.05, 0) is 18.9 Å². The molecule has 20 heavy (non-hydrogen) atoms. The fourth-order valence-corrected chi connectivity index (χ4v) is 2.91. The number of likely N-dealkylation sites (tertiary alicyclic amines) is 1. The zero-order valence-corrected chi connectivity index (χ0v) is 12.0. The molecule has 0 spiro atoms. The Kier molecular flexibility index (Phi) is 4.37. The van der Waals surface area contributed by atoms with Crippen molar-refractivity contribution in [3.05, 3.63) is 33.8 Å². The maximum atomic E-state index is 13.7. The molecule has 2 rings (SSSR count). The summed E-state index contributed by atoms with van der Waals surface area (Å²) < 4.78 is 26.8. The van der Waals surface area contributed by atoms with Crippen molar-refractivity contribution in [2.24, 2.45) is 0 Å². The molecule has 0 bridgehead atoms. The average Bonchev–Trinajstić information content (AvgIpc) is 2.82. The van der Waals surface area contributed by atoms with Crippen LogP contribution < -0.4 is 0 Å². The topological polar surface area (TPSA) is 57.6 Å². The first-order chi connectivity index (χ1) is 9.40. The third-order valence-electron chi connectivity index (χ3n) is 3.33. The van der Waals surface area contributed by atoms with Gasteiger partial charge in [-0.25, -0.2) is 13.6 Å². The van der Waals surface area contributed by atoms with Crippen molar-refractivity contribution in [2.45, 2.75) is 25.3 Å². The van der Waals surface area contributed by atoms with E-state index in [2.05, 4.69) is 15.9 Å². The number of ketones is 1. The van der Waals surface area contributed by atoms with Crippen LogP contribution in [0.2, 0.25) is 0 Å². The molecular weight excluding hydrogens is 336 g/mol. The molecular formula is C13H12BrF2NO3. The van der Waals surface area contributed by atoms with Gasteiger partial charge in [-0.15, -0.1) is 0 Å². The number of benzene rings is 1. The summed E-state index contributed by atoms with van der Waals surface area (Å²) in [5, 5.41) is 8.98. The molecule has 0 aromatic heterocycles. The summed E-state index contributed by atoms with van der Waals surface area (Å²) in [5.41, 5.74) is 0.0497. The highest BCUT2D eigenvalue weighted by Crippen LogP contribution is 2.25. The van der Waals surface area contributed by atoms with Crippen molar-refractivity contribution in [1.29, 1.82) is 0 Å². The van der Waals surface area contributed by atoms with Gasteiger partial charge in [0.05, 0.1) is 6.04 Å². The predicted molar refractivity (Wildman–Crippen MR) is 70.5 cm³/mol. The fraction of sp³-hybridized carbons (Fsp3) is 0.385. The summed E-state index contributed by atoms with van der Waals surface area (Å²) in [6.07, 6.45) is -0.373. The Hall–Kier alpha value is -1.50. The molecule has 0 aliphatic carbocycles. The SMILES string of the molecule is O=C(Cc1c(F)cc(F)cc1Br)[C@@H]1CCCN1C(=O)O. The van der Waals surface area contributed by atoms with Crippen LogP contribution in [0, 0.1) is 11.6 Å². The molecule has 1 aromatic carbocycles. The number of amides is 1. The Morgan fingerprint density at radius 3 is 2.70 bits per heavy atom. The lowest BCUT2D eigenvalue weighted by molar-refractivity contribution is -0.122. The first kappa shape index (κ1) is 14.9. The van der Waals surface area contributed by atoms with Crippen molar-refractivity contribution < 1.29 is 23.5 Å².